The van der Waals surface area contributed by atoms with Crippen LogP contribution in [0.15, 0.2) is 59.6 Å². The Balaban J connectivity index is 1.74. The summed E-state index contributed by atoms with van der Waals surface area (Å²) in [7, 11) is 0. The van der Waals surface area contributed by atoms with Crippen LogP contribution in [0.25, 0.3) is 11.1 Å². The summed E-state index contributed by atoms with van der Waals surface area (Å²) in [5.74, 6) is 0.788. The molecule has 0 saturated carbocycles. The molecule has 3 rings (SSSR count). The van der Waals surface area contributed by atoms with E-state index >= 15 is 0 Å². The summed E-state index contributed by atoms with van der Waals surface area (Å²) in [6, 6.07) is 21.2. The van der Waals surface area contributed by atoms with E-state index in [0.29, 0.717) is 22.3 Å². The number of carbonyl (C=O) groups excluding carboxylic acids is 1. The van der Waals surface area contributed by atoms with Crippen molar-refractivity contribution >= 4 is 29.2 Å². The molecule has 0 aliphatic heterocycles. The molecule has 0 aliphatic rings. The van der Waals surface area contributed by atoms with Crippen molar-refractivity contribution in [1.29, 1.82) is 10.5 Å². The highest BCUT2D eigenvalue weighted by molar-refractivity contribution is 7.99. The normalized spacial score (nSPS) is 10.4. The minimum Gasteiger partial charge on any atom is -0.383 e. The van der Waals surface area contributed by atoms with Crippen molar-refractivity contribution in [2.24, 2.45) is 0 Å². The number of rotatable bonds is 7. The summed E-state index contributed by atoms with van der Waals surface area (Å²) >= 11 is 1.28. The fourth-order valence-corrected chi connectivity index (χ4v) is 4.15. The molecule has 0 radical (unpaired) electrons. The van der Waals surface area contributed by atoms with Crippen LogP contribution in [0.4, 0.5) is 11.5 Å². The first-order valence-electron chi connectivity index (χ1n) is 10.2. The van der Waals surface area contributed by atoms with E-state index in [1.54, 1.807) is 0 Å². The number of nitrogens with one attached hydrogen (secondary N) is 1. The lowest BCUT2D eigenvalue weighted by molar-refractivity contribution is -0.115. The average molecular weight is 442 g/mol. The van der Waals surface area contributed by atoms with E-state index in [0.717, 1.165) is 11.3 Å². The number of hydrogen-bond donors (Lipinski definition) is 2. The van der Waals surface area contributed by atoms with E-state index in [1.165, 1.54) is 17.3 Å². The van der Waals surface area contributed by atoms with Crippen molar-refractivity contribution in [2.45, 2.75) is 31.2 Å². The maximum absolute atomic E-state index is 12.4. The average Bonchev–Trinajstić information content (AvgIpc) is 2.79. The summed E-state index contributed by atoms with van der Waals surface area (Å²) in [6.07, 6.45) is 0.240. The third kappa shape index (κ3) is 5.26. The summed E-state index contributed by atoms with van der Waals surface area (Å²) in [5.41, 5.74) is 9.64. The van der Waals surface area contributed by atoms with Crippen molar-refractivity contribution in [3.8, 4) is 23.3 Å². The molecule has 1 amide bonds. The number of pyridine rings is 1. The van der Waals surface area contributed by atoms with Crippen molar-refractivity contribution in [1.82, 2.24) is 4.98 Å². The van der Waals surface area contributed by atoms with Crippen molar-refractivity contribution < 1.29 is 4.79 Å². The van der Waals surface area contributed by atoms with Gasteiger partial charge in [0.15, 0.2) is 0 Å². The van der Waals surface area contributed by atoms with Crippen molar-refractivity contribution in [3.63, 3.8) is 0 Å². The number of thioether (sulfide) groups is 1. The Hall–Kier alpha value is -3.81. The topological polar surface area (TPSA) is 116 Å². The number of amides is 1. The van der Waals surface area contributed by atoms with Crippen molar-refractivity contribution in [3.05, 3.63) is 71.3 Å². The molecule has 6 nitrogen and oxygen atoms in total. The van der Waals surface area contributed by atoms with Gasteiger partial charge < -0.3 is 11.1 Å². The van der Waals surface area contributed by atoms with Crippen LogP contribution in [0.5, 0.6) is 0 Å². The van der Waals surface area contributed by atoms with Crippen molar-refractivity contribution in [2.75, 3.05) is 16.8 Å². The lowest BCUT2D eigenvalue weighted by Crippen LogP contribution is -2.12. The summed E-state index contributed by atoms with van der Waals surface area (Å²) < 4.78 is 0. The molecule has 0 bridgehead atoms. The lowest BCUT2D eigenvalue weighted by Gasteiger charge is -2.13. The molecule has 3 aromatic rings. The molecule has 1 aromatic heterocycles. The van der Waals surface area contributed by atoms with E-state index in [-0.39, 0.29) is 29.3 Å². The second kappa shape index (κ2) is 10.5. The maximum Gasteiger partial charge on any atom is 0.225 e. The minimum atomic E-state index is -0.127. The van der Waals surface area contributed by atoms with Gasteiger partial charge in [-0.05, 0) is 29.2 Å². The fourth-order valence-electron chi connectivity index (χ4n) is 3.21. The molecule has 3 N–H and O–H groups in total. The number of benzene rings is 2. The van der Waals surface area contributed by atoms with E-state index in [9.17, 15) is 15.3 Å². The Bertz CT molecular complexity index is 1190. The van der Waals surface area contributed by atoms with Gasteiger partial charge in [-0.2, -0.15) is 10.5 Å². The van der Waals surface area contributed by atoms with Crippen LogP contribution < -0.4 is 11.1 Å². The smallest absolute Gasteiger partial charge is 0.225 e. The molecule has 0 saturated heterocycles. The fraction of sp³-hybridized carbons (Fsp3) is 0.200. The summed E-state index contributed by atoms with van der Waals surface area (Å²) in [4.78, 5) is 16.6. The molecule has 0 spiro atoms. The predicted molar refractivity (Wildman–Crippen MR) is 128 cm³/mol. The standard InChI is InChI=1S/C25H23N5OS/c1-16(2)17-8-10-19(11-9-17)29-22(31)12-13-32-25-21(15-27)23(18-6-4-3-5-7-18)20(14-26)24(28)30-25/h3-11,16H,12-13H2,1-2H3,(H2,28,30)(H,29,31). The number of nitriles is 2. The van der Waals surface area contributed by atoms with Gasteiger partial charge in [-0.3, -0.25) is 4.79 Å². The van der Waals surface area contributed by atoms with Crippen LogP contribution in [0, 0.1) is 22.7 Å². The van der Waals surface area contributed by atoms with Crippen LogP contribution in [0.1, 0.15) is 42.9 Å². The number of nitrogen functional groups attached to an aromatic ring is 1. The molecular formula is C25H23N5OS. The second-order valence-electron chi connectivity index (χ2n) is 7.44. The summed E-state index contributed by atoms with van der Waals surface area (Å²) in [5, 5.41) is 22.7. The summed E-state index contributed by atoms with van der Waals surface area (Å²) in [6.45, 7) is 4.24. The number of hydrogen-bond acceptors (Lipinski definition) is 6. The van der Waals surface area contributed by atoms with E-state index in [2.05, 4.69) is 36.3 Å². The van der Waals surface area contributed by atoms with Crippen LogP contribution in [-0.4, -0.2) is 16.6 Å². The van der Waals surface area contributed by atoms with Gasteiger partial charge in [0.25, 0.3) is 0 Å². The molecule has 160 valence electrons. The molecule has 0 unspecified atom stereocenters. The Morgan fingerprint density at radius 2 is 1.72 bits per heavy atom. The van der Waals surface area contributed by atoms with Crippen LogP contribution in [0.2, 0.25) is 0 Å². The number of anilines is 2. The Morgan fingerprint density at radius 3 is 2.31 bits per heavy atom. The molecule has 1 heterocycles. The SMILES string of the molecule is CC(C)c1ccc(NC(=O)CCSc2nc(N)c(C#N)c(-c3ccccc3)c2C#N)cc1. The number of carbonyl (C=O) groups is 1. The number of nitrogens with two attached hydrogens (primary N) is 1. The number of nitrogens with zero attached hydrogens (tertiary/aromatic N) is 3. The Kier molecular flexibility index (Phi) is 7.49. The monoisotopic (exact) mass is 441 g/mol. The van der Waals surface area contributed by atoms with Gasteiger partial charge in [0, 0.05) is 23.4 Å². The van der Waals surface area contributed by atoms with Gasteiger partial charge in [0.2, 0.25) is 5.91 Å². The highest BCUT2D eigenvalue weighted by atomic mass is 32.2. The van der Waals surface area contributed by atoms with Gasteiger partial charge in [0.1, 0.15) is 28.5 Å². The van der Waals surface area contributed by atoms with E-state index in [1.807, 2.05) is 54.6 Å². The van der Waals surface area contributed by atoms with Gasteiger partial charge >= 0.3 is 0 Å². The second-order valence-corrected chi connectivity index (χ2v) is 8.52. The van der Waals surface area contributed by atoms with E-state index < -0.39 is 0 Å². The zero-order valence-corrected chi connectivity index (χ0v) is 18.7. The maximum atomic E-state index is 12.4. The highest BCUT2D eigenvalue weighted by Crippen LogP contribution is 2.35. The van der Waals surface area contributed by atoms with Crippen LogP contribution in [-0.2, 0) is 4.79 Å². The molecule has 0 fully saturated rings. The first-order valence-corrected chi connectivity index (χ1v) is 11.1. The molecular weight excluding hydrogens is 418 g/mol. The molecule has 2 aromatic carbocycles. The molecule has 7 heteroatoms. The third-order valence-electron chi connectivity index (χ3n) is 4.91. The van der Waals surface area contributed by atoms with Gasteiger partial charge in [-0.15, -0.1) is 11.8 Å². The van der Waals surface area contributed by atoms with Crippen LogP contribution in [0.3, 0.4) is 0 Å². The first kappa shape index (κ1) is 22.9. The lowest BCUT2D eigenvalue weighted by atomic mass is 9.97. The Morgan fingerprint density at radius 1 is 1.06 bits per heavy atom. The zero-order chi connectivity index (χ0) is 23.1. The molecule has 32 heavy (non-hydrogen) atoms. The van der Waals surface area contributed by atoms with E-state index in [4.69, 9.17) is 5.73 Å². The van der Waals surface area contributed by atoms with Gasteiger partial charge in [-0.1, -0.05) is 56.3 Å². The zero-order valence-electron chi connectivity index (χ0n) is 17.9. The van der Waals surface area contributed by atoms with Crippen LogP contribution >= 0.6 is 11.8 Å². The third-order valence-corrected chi connectivity index (χ3v) is 5.88. The first-order chi connectivity index (χ1) is 15.4. The highest BCUT2D eigenvalue weighted by Gasteiger charge is 2.20. The van der Waals surface area contributed by atoms with Gasteiger partial charge in [0.05, 0.1) is 5.56 Å². The minimum absolute atomic E-state index is 0.0718. The Labute approximate surface area is 192 Å². The molecule has 0 atom stereocenters. The quantitative estimate of drug-likeness (QED) is 0.480. The molecule has 0 aliphatic carbocycles. The number of aromatic nitrogens is 1. The van der Waals surface area contributed by atoms with Gasteiger partial charge in [-0.25, -0.2) is 4.98 Å². The predicted octanol–water partition coefficient (Wildman–Crippen LogP) is 5.32. The largest absolute Gasteiger partial charge is 0.383 e.